The topological polar surface area (TPSA) is 80.2 Å². The Morgan fingerprint density at radius 2 is 2.18 bits per heavy atom. The summed E-state index contributed by atoms with van der Waals surface area (Å²) in [7, 11) is 1.29. The Bertz CT molecular complexity index is 491. The van der Waals surface area contributed by atoms with Gasteiger partial charge in [0.15, 0.2) is 5.60 Å². The second kappa shape index (κ2) is 6.14. The molecule has 1 N–H and O–H groups in total. The standard InChI is InChI=1S/C15H25N3O4/c1-9(2)12(16-14(20)21-5)13(19)18-8-15(7-11(18)4)6-10(3)17-22-15/h9,11-12H,6-8H2,1-5H3,(H,16,20)/t11-,12+,15+/m1/s1. The van der Waals surface area contributed by atoms with Gasteiger partial charge in [-0.3, -0.25) is 4.79 Å². The number of carbonyl (C=O) groups excluding carboxylic acids is 2. The van der Waals surface area contributed by atoms with Gasteiger partial charge in [-0.15, -0.1) is 0 Å². The number of hydrogen-bond donors (Lipinski definition) is 1. The summed E-state index contributed by atoms with van der Waals surface area (Å²) in [5.41, 5.74) is 0.556. The molecule has 1 fully saturated rings. The van der Waals surface area contributed by atoms with Gasteiger partial charge in [-0.25, -0.2) is 4.79 Å². The molecule has 0 aromatic rings. The van der Waals surface area contributed by atoms with E-state index in [0.717, 1.165) is 18.6 Å². The Balaban J connectivity index is 2.09. The molecule has 1 saturated heterocycles. The van der Waals surface area contributed by atoms with Crippen molar-refractivity contribution in [1.82, 2.24) is 10.2 Å². The summed E-state index contributed by atoms with van der Waals surface area (Å²) < 4.78 is 4.61. The zero-order valence-corrected chi connectivity index (χ0v) is 13.9. The Morgan fingerprint density at radius 1 is 1.50 bits per heavy atom. The van der Waals surface area contributed by atoms with Crippen molar-refractivity contribution in [1.29, 1.82) is 0 Å². The molecule has 2 amide bonds. The highest BCUT2D eigenvalue weighted by atomic mass is 16.7. The fourth-order valence-electron chi connectivity index (χ4n) is 3.25. The van der Waals surface area contributed by atoms with Gasteiger partial charge in [0, 0.05) is 18.9 Å². The molecule has 0 saturated carbocycles. The monoisotopic (exact) mass is 311 g/mol. The Kier molecular flexibility index (Phi) is 4.63. The van der Waals surface area contributed by atoms with E-state index < -0.39 is 17.7 Å². The molecule has 1 spiro atoms. The number of amides is 2. The third-order valence-electron chi connectivity index (χ3n) is 4.31. The number of methoxy groups -OCH3 is 1. The van der Waals surface area contributed by atoms with Crippen molar-refractivity contribution < 1.29 is 19.2 Å². The number of carbonyl (C=O) groups is 2. The lowest BCUT2D eigenvalue weighted by atomic mass is 9.95. The number of likely N-dealkylation sites (tertiary alicyclic amines) is 1. The molecular formula is C15H25N3O4. The SMILES string of the molecule is COC(=O)N[C@H](C(=O)N1C[C@]2(CC(C)=NO2)C[C@H]1C)C(C)C. The maximum absolute atomic E-state index is 12.8. The van der Waals surface area contributed by atoms with E-state index in [1.807, 2.05) is 27.7 Å². The molecule has 22 heavy (non-hydrogen) atoms. The van der Waals surface area contributed by atoms with Crippen LogP contribution in [0.1, 0.15) is 40.5 Å². The maximum atomic E-state index is 12.8. The van der Waals surface area contributed by atoms with Crippen LogP contribution in [0, 0.1) is 5.92 Å². The van der Waals surface area contributed by atoms with E-state index in [9.17, 15) is 9.59 Å². The van der Waals surface area contributed by atoms with Crippen LogP contribution in [-0.4, -0.2) is 54.0 Å². The third-order valence-corrected chi connectivity index (χ3v) is 4.31. The van der Waals surface area contributed by atoms with Crippen LogP contribution < -0.4 is 5.32 Å². The summed E-state index contributed by atoms with van der Waals surface area (Å²) >= 11 is 0. The van der Waals surface area contributed by atoms with Gasteiger partial charge in [0.1, 0.15) is 6.04 Å². The average Bonchev–Trinajstić information content (AvgIpc) is 2.97. The van der Waals surface area contributed by atoms with Crippen molar-refractivity contribution in [2.45, 2.75) is 58.2 Å². The van der Waals surface area contributed by atoms with Crippen LogP contribution in [0.15, 0.2) is 5.16 Å². The van der Waals surface area contributed by atoms with Gasteiger partial charge >= 0.3 is 6.09 Å². The fraction of sp³-hybridized carbons (Fsp3) is 0.800. The summed E-state index contributed by atoms with van der Waals surface area (Å²) in [5, 5.41) is 6.66. The maximum Gasteiger partial charge on any atom is 0.407 e. The van der Waals surface area contributed by atoms with Crippen LogP contribution in [0.5, 0.6) is 0 Å². The van der Waals surface area contributed by atoms with Crippen LogP contribution in [0.3, 0.4) is 0 Å². The second-order valence-electron chi connectivity index (χ2n) is 6.65. The van der Waals surface area contributed by atoms with Crippen molar-refractivity contribution in [2.24, 2.45) is 11.1 Å². The molecule has 2 rings (SSSR count). The molecule has 0 aliphatic carbocycles. The number of ether oxygens (including phenoxy) is 1. The first-order valence-corrected chi connectivity index (χ1v) is 7.64. The van der Waals surface area contributed by atoms with Gasteiger partial charge in [0.25, 0.3) is 0 Å². The number of rotatable bonds is 3. The van der Waals surface area contributed by atoms with E-state index in [4.69, 9.17) is 4.84 Å². The summed E-state index contributed by atoms with van der Waals surface area (Å²) in [6.07, 6.45) is 0.908. The second-order valence-corrected chi connectivity index (χ2v) is 6.65. The minimum Gasteiger partial charge on any atom is -0.453 e. The van der Waals surface area contributed by atoms with Crippen LogP contribution in [0.2, 0.25) is 0 Å². The van der Waals surface area contributed by atoms with Crippen molar-refractivity contribution in [2.75, 3.05) is 13.7 Å². The molecule has 0 bridgehead atoms. The quantitative estimate of drug-likeness (QED) is 0.857. The van der Waals surface area contributed by atoms with Crippen LogP contribution in [-0.2, 0) is 14.4 Å². The van der Waals surface area contributed by atoms with Gasteiger partial charge in [-0.1, -0.05) is 19.0 Å². The molecular weight excluding hydrogens is 286 g/mol. The summed E-state index contributed by atoms with van der Waals surface area (Å²) in [4.78, 5) is 31.7. The van der Waals surface area contributed by atoms with Crippen LogP contribution in [0.25, 0.3) is 0 Å². The number of oxime groups is 1. The average molecular weight is 311 g/mol. The van der Waals surface area contributed by atoms with Gasteiger partial charge in [0.05, 0.1) is 19.4 Å². The molecule has 0 aromatic heterocycles. The Morgan fingerprint density at radius 3 is 2.68 bits per heavy atom. The highest BCUT2D eigenvalue weighted by molar-refractivity contribution is 5.87. The zero-order valence-electron chi connectivity index (χ0n) is 13.9. The number of nitrogens with zero attached hydrogens (tertiary/aromatic N) is 2. The third kappa shape index (κ3) is 3.18. The van der Waals surface area contributed by atoms with Gasteiger partial charge in [0.2, 0.25) is 5.91 Å². The highest BCUT2D eigenvalue weighted by Gasteiger charge is 2.50. The smallest absolute Gasteiger partial charge is 0.407 e. The number of nitrogens with one attached hydrogen (secondary N) is 1. The normalized spacial score (nSPS) is 28.5. The van der Waals surface area contributed by atoms with Gasteiger partial charge in [-0.05, 0) is 19.8 Å². The molecule has 2 heterocycles. The van der Waals surface area contributed by atoms with Crippen LogP contribution >= 0.6 is 0 Å². The molecule has 0 radical (unpaired) electrons. The van der Waals surface area contributed by atoms with E-state index in [1.165, 1.54) is 7.11 Å². The molecule has 3 atom stereocenters. The van der Waals surface area contributed by atoms with Gasteiger partial charge < -0.3 is 19.8 Å². The van der Waals surface area contributed by atoms with Crippen molar-refractivity contribution >= 4 is 17.7 Å². The molecule has 7 nitrogen and oxygen atoms in total. The lowest BCUT2D eigenvalue weighted by Gasteiger charge is -2.29. The number of hydrogen-bond acceptors (Lipinski definition) is 5. The van der Waals surface area contributed by atoms with E-state index in [0.29, 0.717) is 6.54 Å². The number of alkyl carbamates (subject to hydrolysis) is 1. The predicted molar refractivity (Wildman–Crippen MR) is 81.5 cm³/mol. The predicted octanol–water partition coefficient (Wildman–Crippen LogP) is 1.52. The lowest BCUT2D eigenvalue weighted by Crippen LogP contribution is -2.52. The van der Waals surface area contributed by atoms with Crippen molar-refractivity contribution in [3.05, 3.63) is 0 Å². The van der Waals surface area contributed by atoms with E-state index in [-0.39, 0.29) is 17.9 Å². The minimum absolute atomic E-state index is 0.0298. The van der Waals surface area contributed by atoms with Gasteiger partial charge in [-0.2, -0.15) is 0 Å². The Hall–Kier alpha value is -1.79. The summed E-state index contributed by atoms with van der Waals surface area (Å²) in [5.74, 6) is -0.129. The first-order chi connectivity index (χ1) is 10.3. The van der Waals surface area contributed by atoms with Crippen molar-refractivity contribution in [3.8, 4) is 0 Å². The van der Waals surface area contributed by atoms with E-state index >= 15 is 0 Å². The molecule has 7 heteroatoms. The molecule has 124 valence electrons. The Labute approximate surface area is 131 Å². The molecule has 2 aliphatic rings. The molecule has 0 unspecified atom stereocenters. The van der Waals surface area contributed by atoms with Crippen LogP contribution in [0.4, 0.5) is 4.79 Å². The highest BCUT2D eigenvalue weighted by Crippen LogP contribution is 2.37. The first kappa shape index (κ1) is 16.6. The van der Waals surface area contributed by atoms with Crippen molar-refractivity contribution in [3.63, 3.8) is 0 Å². The van der Waals surface area contributed by atoms with E-state index in [1.54, 1.807) is 4.90 Å². The summed E-state index contributed by atoms with van der Waals surface area (Å²) in [6.45, 7) is 8.22. The molecule has 0 aromatic carbocycles. The summed E-state index contributed by atoms with van der Waals surface area (Å²) in [6, 6.07) is -0.553. The molecule has 2 aliphatic heterocycles. The van der Waals surface area contributed by atoms with E-state index in [2.05, 4.69) is 15.2 Å². The fourth-order valence-corrected chi connectivity index (χ4v) is 3.25. The first-order valence-electron chi connectivity index (χ1n) is 7.64. The lowest BCUT2D eigenvalue weighted by molar-refractivity contribution is -0.136. The largest absolute Gasteiger partial charge is 0.453 e. The zero-order chi connectivity index (χ0) is 16.5. The minimum atomic E-state index is -0.603.